The van der Waals surface area contributed by atoms with Gasteiger partial charge in [0.2, 0.25) is 10.0 Å². The Labute approximate surface area is 212 Å². The van der Waals surface area contributed by atoms with Crippen LogP contribution in [0, 0.1) is 0 Å². The number of nitrogens with zero attached hydrogens (tertiary/aromatic N) is 2. The lowest BCUT2D eigenvalue weighted by atomic mass is 10.1. The largest absolute Gasteiger partial charge is 0.378 e. The fourth-order valence-electron chi connectivity index (χ4n) is 4.13. The van der Waals surface area contributed by atoms with Crippen molar-refractivity contribution >= 4 is 37.2 Å². The summed E-state index contributed by atoms with van der Waals surface area (Å²) in [5, 5.41) is 3.00. The zero-order valence-corrected chi connectivity index (χ0v) is 21.6. The number of ketones is 1. The topological polar surface area (TPSA) is 104 Å². The number of hydrogen-bond donors (Lipinski definition) is 1. The second-order valence-corrected chi connectivity index (χ2v) is 12.2. The molecule has 0 unspecified atom stereocenters. The van der Waals surface area contributed by atoms with E-state index in [-0.39, 0.29) is 22.1 Å². The molecular weight excluding hydrogens is 498 g/mol. The summed E-state index contributed by atoms with van der Waals surface area (Å²) < 4.78 is 54.3. The van der Waals surface area contributed by atoms with Gasteiger partial charge in [0.1, 0.15) is 0 Å². The van der Waals surface area contributed by atoms with E-state index < -0.39 is 20.0 Å². The Kier molecular flexibility index (Phi) is 7.77. The van der Waals surface area contributed by atoms with Gasteiger partial charge in [-0.25, -0.2) is 16.8 Å². The Morgan fingerprint density at radius 3 is 2.00 bits per heavy atom. The zero-order valence-electron chi connectivity index (χ0n) is 20.0. The second-order valence-electron chi connectivity index (χ2n) is 8.44. The molecule has 0 radical (unpaired) electrons. The lowest BCUT2D eigenvalue weighted by Gasteiger charge is -2.23. The van der Waals surface area contributed by atoms with E-state index in [1.807, 2.05) is 6.07 Å². The van der Waals surface area contributed by atoms with Crippen molar-refractivity contribution in [1.82, 2.24) is 4.31 Å². The Bertz CT molecular complexity index is 1400. The molecule has 0 aliphatic carbocycles. The van der Waals surface area contributed by atoms with Crippen molar-refractivity contribution in [2.75, 3.05) is 35.8 Å². The molecule has 3 aromatic rings. The molecule has 4 rings (SSSR count). The SMILES string of the molecule is CCN(c1ccccc1)S(=O)(=O)c1ccc(NCC(=O)c2ccc(S(=O)(=O)N3CCCC3)cc2)cc1. The first-order valence-electron chi connectivity index (χ1n) is 11.8. The van der Waals surface area contributed by atoms with Gasteiger partial charge in [0.05, 0.1) is 22.0 Å². The van der Waals surface area contributed by atoms with Crippen LogP contribution < -0.4 is 9.62 Å². The average Bonchev–Trinajstić information content (AvgIpc) is 3.45. The predicted molar refractivity (Wildman–Crippen MR) is 140 cm³/mol. The number of carbonyl (C=O) groups excluding carboxylic acids is 1. The summed E-state index contributed by atoms with van der Waals surface area (Å²) in [6.07, 6.45) is 1.72. The number of carbonyl (C=O) groups is 1. The van der Waals surface area contributed by atoms with Gasteiger partial charge >= 0.3 is 0 Å². The molecule has 8 nitrogen and oxygen atoms in total. The highest BCUT2D eigenvalue weighted by Gasteiger charge is 2.27. The summed E-state index contributed by atoms with van der Waals surface area (Å²) in [5.41, 5.74) is 1.58. The van der Waals surface area contributed by atoms with Gasteiger partial charge in [-0.3, -0.25) is 9.10 Å². The van der Waals surface area contributed by atoms with E-state index in [1.165, 1.54) is 45.0 Å². The summed E-state index contributed by atoms with van der Waals surface area (Å²) in [4.78, 5) is 13.0. The first-order chi connectivity index (χ1) is 17.2. The molecule has 1 N–H and O–H groups in total. The zero-order chi connectivity index (χ0) is 25.8. The maximum absolute atomic E-state index is 13.1. The van der Waals surface area contributed by atoms with Crippen LogP contribution in [0.3, 0.4) is 0 Å². The molecule has 0 saturated carbocycles. The van der Waals surface area contributed by atoms with Crippen LogP contribution in [0.5, 0.6) is 0 Å². The standard InChI is InChI=1S/C26H29N3O5S2/c1-2-29(23-8-4-3-5-9-23)36(33,34)25-16-12-22(13-17-25)27-20-26(30)21-10-14-24(15-11-21)35(31,32)28-18-6-7-19-28/h3-5,8-17,27H,2,6-7,18-20H2,1H3. The summed E-state index contributed by atoms with van der Waals surface area (Å²) >= 11 is 0. The van der Waals surface area contributed by atoms with Gasteiger partial charge in [-0.05, 0) is 80.4 Å². The van der Waals surface area contributed by atoms with Gasteiger partial charge in [-0.2, -0.15) is 4.31 Å². The van der Waals surface area contributed by atoms with Gasteiger partial charge in [0.15, 0.2) is 5.78 Å². The quantitative estimate of drug-likeness (QED) is 0.400. The molecule has 1 aliphatic heterocycles. The van der Waals surface area contributed by atoms with E-state index in [9.17, 15) is 21.6 Å². The molecule has 0 aromatic heterocycles. The fourth-order valence-corrected chi connectivity index (χ4v) is 7.12. The minimum atomic E-state index is -3.73. The third-order valence-corrected chi connectivity index (χ3v) is 9.94. The molecule has 0 amide bonds. The van der Waals surface area contributed by atoms with Crippen LogP contribution in [0.4, 0.5) is 11.4 Å². The third kappa shape index (κ3) is 5.45. The molecule has 3 aromatic carbocycles. The van der Waals surface area contributed by atoms with Gasteiger partial charge in [0, 0.05) is 30.9 Å². The van der Waals surface area contributed by atoms with Crippen LogP contribution in [0.2, 0.25) is 0 Å². The molecule has 0 atom stereocenters. The van der Waals surface area contributed by atoms with Crippen molar-refractivity contribution in [3.8, 4) is 0 Å². The lowest BCUT2D eigenvalue weighted by molar-refractivity contribution is 0.101. The third-order valence-electron chi connectivity index (χ3n) is 6.11. The van der Waals surface area contributed by atoms with E-state index in [1.54, 1.807) is 43.3 Å². The van der Waals surface area contributed by atoms with Crippen molar-refractivity contribution in [3.63, 3.8) is 0 Å². The van der Waals surface area contributed by atoms with Crippen LogP contribution >= 0.6 is 0 Å². The van der Waals surface area contributed by atoms with Crippen molar-refractivity contribution in [1.29, 1.82) is 0 Å². The van der Waals surface area contributed by atoms with E-state index in [2.05, 4.69) is 5.32 Å². The van der Waals surface area contributed by atoms with E-state index in [0.29, 0.717) is 36.6 Å². The summed E-state index contributed by atoms with van der Waals surface area (Å²) in [7, 11) is -7.26. The van der Waals surface area contributed by atoms with Gasteiger partial charge in [0.25, 0.3) is 10.0 Å². The molecule has 0 spiro atoms. The molecule has 36 heavy (non-hydrogen) atoms. The Morgan fingerprint density at radius 2 is 1.42 bits per heavy atom. The van der Waals surface area contributed by atoms with Gasteiger partial charge < -0.3 is 5.32 Å². The molecule has 1 heterocycles. The molecule has 190 valence electrons. The fraction of sp³-hybridized carbons (Fsp3) is 0.269. The van der Waals surface area contributed by atoms with E-state index in [0.717, 1.165) is 12.8 Å². The van der Waals surface area contributed by atoms with Gasteiger partial charge in [-0.15, -0.1) is 0 Å². The minimum Gasteiger partial charge on any atom is -0.378 e. The van der Waals surface area contributed by atoms with Gasteiger partial charge in [-0.1, -0.05) is 18.2 Å². The smallest absolute Gasteiger partial charge is 0.264 e. The summed E-state index contributed by atoms with van der Waals surface area (Å²) in [5.74, 6) is -0.210. The van der Waals surface area contributed by atoms with Crippen LogP contribution in [-0.4, -0.2) is 53.1 Å². The Morgan fingerprint density at radius 1 is 0.833 bits per heavy atom. The van der Waals surface area contributed by atoms with Crippen LogP contribution in [-0.2, 0) is 20.0 Å². The number of rotatable bonds is 10. The Balaban J connectivity index is 1.39. The average molecular weight is 528 g/mol. The Hall–Kier alpha value is -3.21. The van der Waals surface area contributed by atoms with Crippen LogP contribution in [0.15, 0.2) is 88.7 Å². The molecule has 1 aliphatic rings. The molecular formula is C26H29N3O5S2. The first-order valence-corrected chi connectivity index (χ1v) is 14.7. The number of benzene rings is 3. The van der Waals surface area contributed by atoms with Crippen molar-refractivity contribution in [2.45, 2.75) is 29.6 Å². The molecule has 1 fully saturated rings. The highest BCUT2D eigenvalue weighted by Crippen LogP contribution is 2.25. The lowest BCUT2D eigenvalue weighted by Crippen LogP contribution is -2.30. The first kappa shape index (κ1) is 25.9. The number of nitrogens with one attached hydrogen (secondary N) is 1. The number of hydrogen-bond acceptors (Lipinski definition) is 6. The molecule has 10 heteroatoms. The van der Waals surface area contributed by atoms with Crippen molar-refractivity contribution in [2.24, 2.45) is 0 Å². The normalized spacial score (nSPS) is 14.5. The van der Waals surface area contributed by atoms with Crippen molar-refractivity contribution < 1.29 is 21.6 Å². The predicted octanol–water partition coefficient (Wildman–Crippen LogP) is 3.98. The summed E-state index contributed by atoms with van der Waals surface area (Å²) in [6, 6.07) is 21.1. The maximum Gasteiger partial charge on any atom is 0.264 e. The monoisotopic (exact) mass is 527 g/mol. The highest BCUT2D eigenvalue weighted by molar-refractivity contribution is 7.92. The number of sulfonamides is 2. The van der Waals surface area contributed by atoms with Crippen molar-refractivity contribution in [3.05, 3.63) is 84.4 Å². The number of para-hydroxylation sites is 1. The van der Waals surface area contributed by atoms with E-state index >= 15 is 0 Å². The van der Waals surface area contributed by atoms with Crippen LogP contribution in [0.1, 0.15) is 30.1 Å². The maximum atomic E-state index is 13.1. The summed E-state index contributed by atoms with van der Waals surface area (Å²) in [6.45, 7) is 3.10. The van der Waals surface area contributed by atoms with Crippen LogP contribution in [0.25, 0.3) is 0 Å². The number of anilines is 2. The minimum absolute atomic E-state index is 0.0184. The van der Waals surface area contributed by atoms with E-state index in [4.69, 9.17) is 0 Å². The molecule has 0 bridgehead atoms. The number of Topliss-reactive ketones (excluding diaryl/α,β-unsaturated/α-hetero) is 1. The highest BCUT2D eigenvalue weighted by atomic mass is 32.2. The second kappa shape index (κ2) is 10.8. The molecule has 1 saturated heterocycles.